The number of halogens is 2. The van der Waals surface area contributed by atoms with Crippen molar-refractivity contribution in [3.05, 3.63) is 70.5 Å². The number of amides is 1. The first-order chi connectivity index (χ1) is 14.8. The molecule has 0 fully saturated rings. The third kappa shape index (κ3) is 5.86. The molecule has 168 valence electrons. The van der Waals surface area contributed by atoms with Gasteiger partial charge in [-0.25, -0.2) is 16.8 Å². The molecule has 1 amide bonds. The molecule has 11 heteroatoms. The highest BCUT2D eigenvalue weighted by Gasteiger charge is 2.15. The molecule has 7 nitrogen and oxygen atoms in total. The maximum Gasteiger partial charge on any atom is 0.230 e. The number of anilines is 1. The zero-order chi connectivity index (χ0) is 23.7. The number of nitrogens with zero attached hydrogens (tertiary/aromatic N) is 1. The maximum absolute atomic E-state index is 12.4. The number of nitrogens with one attached hydrogen (secondary N) is 1. The molecule has 0 unspecified atom stereocenters. The highest BCUT2D eigenvalue weighted by Crippen LogP contribution is 2.37. The fourth-order valence-electron chi connectivity index (χ4n) is 2.89. The first kappa shape index (κ1) is 24.2. The van der Waals surface area contributed by atoms with Crippen molar-refractivity contribution in [2.75, 3.05) is 17.8 Å². The van der Waals surface area contributed by atoms with Crippen LogP contribution in [-0.4, -0.2) is 40.2 Å². The summed E-state index contributed by atoms with van der Waals surface area (Å²) in [5.74, 6) is -0.387. The normalized spacial score (nSPS) is 11.9. The van der Waals surface area contributed by atoms with Crippen LogP contribution in [0.2, 0.25) is 10.0 Å². The molecule has 0 bridgehead atoms. The van der Waals surface area contributed by atoms with Crippen molar-refractivity contribution in [2.24, 2.45) is 0 Å². The van der Waals surface area contributed by atoms with Gasteiger partial charge in [0.25, 0.3) is 0 Å². The summed E-state index contributed by atoms with van der Waals surface area (Å²) < 4.78 is 46.2. The minimum atomic E-state index is -3.37. The lowest BCUT2D eigenvalue weighted by Gasteiger charge is -2.12. The van der Waals surface area contributed by atoms with Crippen LogP contribution in [0.4, 0.5) is 5.69 Å². The highest BCUT2D eigenvalue weighted by molar-refractivity contribution is 7.91. The molecular formula is C21H18Cl2N2O5S2. The summed E-state index contributed by atoms with van der Waals surface area (Å²) in [4.78, 5) is 16.6. The predicted molar refractivity (Wildman–Crippen MR) is 125 cm³/mol. The molecule has 1 heterocycles. The lowest BCUT2D eigenvalue weighted by molar-refractivity contribution is -0.115. The van der Waals surface area contributed by atoms with Crippen molar-refractivity contribution in [2.45, 2.75) is 16.2 Å². The van der Waals surface area contributed by atoms with Gasteiger partial charge >= 0.3 is 0 Å². The minimum Gasteiger partial charge on any atom is -0.326 e. The Bertz CT molecular complexity index is 1360. The van der Waals surface area contributed by atoms with Crippen LogP contribution in [0.1, 0.15) is 5.69 Å². The number of sulfone groups is 2. The summed E-state index contributed by atoms with van der Waals surface area (Å²) >= 11 is 12.8. The molecule has 0 aliphatic carbocycles. The summed E-state index contributed by atoms with van der Waals surface area (Å²) in [6, 6.07) is 12.1. The molecule has 0 aliphatic rings. The molecule has 0 radical (unpaired) electrons. The fraction of sp³-hybridized carbons (Fsp3) is 0.143. The molecule has 0 saturated carbocycles. The molecule has 0 aliphatic heterocycles. The van der Waals surface area contributed by atoms with Gasteiger partial charge in [0.2, 0.25) is 5.91 Å². The first-order valence-corrected chi connectivity index (χ1v) is 13.6. The maximum atomic E-state index is 12.4. The quantitative estimate of drug-likeness (QED) is 0.533. The smallest absolute Gasteiger partial charge is 0.230 e. The van der Waals surface area contributed by atoms with Crippen molar-refractivity contribution in [1.29, 1.82) is 0 Å². The van der Waals surface area contributed by atoms with Crippen LogP contribution in [0.25, 0.3) is 11.1 Å². The van der Waals surface area contributed by atoms with Crippen LogP contribution < -0.4 is 5.32 Å². The Hall–Kier alpha value is -2.46. The molecule has 1 aromatic heterocycles. The Morgan fingerprint density at radius 1 is 0.875 bits per heavy atom. The van der Waals surface area contributed by atoms with Gasteiger partial charge in [0.15, 0.2) is 19.7 Å². The van der Waals surface area contributed by atoms with Crippen molar-refractivity contribution >= 4 is 54.5 Å². The van der Waals surface area contributed by atoms with Crippen LogP contribution in [0.3, 0.4) is 0 Å². The summed E-state index contributed by atoms with van der Waals surface area (Å²) in [6.07, 6.45) is 3.33. The van der Waals surface area contributed by atoms with Crippen LogP contribution in [0.15, 0.2) is 64.5 Å². The van der Waals surface area contributed by atoms with Crippen LogP contribution in [0.5, 0.6) is 0 Å². The fourth-order valence-corrected chi connectivity index (χ4v) is 4.79. The van der Waals surface area contributed by atoms with E-state index in [0.29, 0.717) is 22.5 Å². The van der Waals surface area contributed by atoms with Crippen molar-refractivity contribution < 1.29 is 21.6 Å². The van der Waals surface area contributed by atoms with Crippen molar-refractivity contribution in [3.63, 3.8) is 0 Å². The minimum absolute atomic E-state index is 0.0698. The Morgan fingerprint density at radius 3 is 1.88 bits per heavy atom. The Morgan fingerprint density at radius 2 is 1.41 bits per heavy atom. The molecular weight excluding hydrogens is 495 g/mol. The zero-order valence-electron chi connectivity index (χ0n) is 17.0. The van der Waals surface area contributed by atoms with Crippen LogP contribution >= 0.6 is 23.2 Å². The average Bonchev–Trinajstić information content (AvgIpc) is 2.67. The second kappa shape index (κ2) is 9.19. The predicted octanol–water partition coefficient (Wildman–Crippen LogP) is 4.04. The number of rotatable bonds is 6. The third-order valence-corrected chi connectivity index (χ3v) is 7.29. The number of benzene rings is 2. The molecule has 3 rings (SSSR count). The number of hydrogen-bond acceptors (Lipinski definition) is 6. The van der Waals surface area contributed by atoms with Gasteiger partial charge in [-0.2, -0.15) is 0 Å². The molecule has 3 aromatic rings. The van der Waals surface area contributed by atoms with Gasteiger partial charge in [0.1, 0.15) is 0 Å². The number of carbonyl (C=O) groups is 1. The zero-order valence-corrected chi connectivity index (χ0v) is 20.1. The molecule has 0 atom stereocenters. The molecule has 1 N–H and O–H groups in total. The van der Waals surface area contributed by atoms with Gasteiger partial charge in [-0.15, -0.1) is 0 Å². The van der Waals surface area contributed by atoms with E-state index < -0.39 is 19.7 Å². The Labute approximate surface area is 196 Å². The molecule has 32 heavy (non-hydrogen) atoms. The van der Waals surface area contributed by atoms with Crippen molar-refractivity contribution in [3.8, 4) is 11.1 Å². The summed E-state index contributed by atoms with van der Waals surface area (Å²) in [7, 11) is -6.69. The monoisotopic (exact) mass is 512 g/mol. The molecule has 0 spiro atoms. The topological polar surface area (TPSA) is 110 Å². The number of aromatic nitrogens is 1. The van der Waals surface area contributed by atoms with E-state index in [1.54, 1.807) is 12.1 Å². The van der Waals surface area contributed by atoms with Crippen LogP contribution in [0, 0.1) is 0 Å². The summed E-state index contributed by atoms with van der Waals surface area (Å²) in [6.45, 7) is 0. The average molecular weight is 513 g/mol. The van der Waals surface area contributed by atoms with Gasteiger partial charge in [0, 0.05) is 35.7 Å². The van der Waals surface area contributed by atoms with E-state index in [0.717, 1.165) is 12.5 Å². The second-order valence-corrected chi connectivity index (χ2v) is 11.9. The van der Waals surface area contributed by atoms with E-state index in [1.807, 2.05) is 0 Å². The van der Waals surface area contributed by atoms with Gasteiger partial charge in [-0.3, -0.25) is 9.78 Å². The second-order valence-electron chi connectivity index (χ2n) is 7.09. The Kier molecular flexibility index (Phi) is 6.94. The van der Waals surface area contributed by atoms with Crippen molar-refractivity contribution in [1.82, 2.24) is 4.98 Å². The lowest BCUT2D eigenvalue weighted by Crippen LogP contribution is -2.15. The number of hydrogen-bond donors (Lipinski definition) is 1. The third-order valence-electron chi connectivity index (χ3n) is 4.46. The van der Waals surface area contributed by atoms with Crippen LogP contribution in [-0.2, 0) is 30.9 Å². The van der Waals surface area contributed by atoms with E-state index in [-0.39, 0.29) is 32.2 Å². The van der Waals surface area contributed by atoms with Gasteiger partial charge in [-0.1, -0.05) is 35.3 Å². The van der Waals surface area contributed by atoms with Gasteiger partial charge in [-0.05, 0) is 42.0 Å². The van der Waals surface area contributed by atoms with E-state index >= 15 is 0 Å². The van der Waals surface area contributed by atoms with E-state index in [4.69, 9.17) is 23.2 Å². The number of pyridine rings is 1. The number of carbonyl (C=O) groups excluding carboxylic acids is 1. The van der Waals surface area contributed by atoms with Gasteiger partial charge < -0.3 is 5.32 Å². The van der Waals surface area contributed by atoms with E-state index in [1.165, 1.54) is 42.6 Å². The van der Waals surface area contributed by atoms with E-state index in [9.17, 15) is 21.6 Å². The standard InChI is InChI=1S/C21H18Cl2N2O5S2/c1-31(27,28)16-6-3-13(4-7-16)21-18(22)9-15(10-19(21)23)25-20(26)11-14-5-8-17(12-24-14)32(2,29)30/h3-10,12H,11H2,1-2H3,(H,25,26). The van der Waals surface area contributed by atoms with Gasteiger partial charge in [0.05, 0.1) is 26.3 Å². The largest absolute Gasteiger partial charge is 0.326 e. The summed E-state index contributed by atoms with van der Waals surface area (Å²) in [5.41, 5.74) is 1.90. The molecule has 2 aromatic carbocycles. The SMILES string of the molecule is CS(=O)(=O)c1ccc(-c2c(Cl)cc(NC(=O)Cc3ccc(S(C)(=O)=O)cn3)cc2Cl)cc1. The Balaban J connectivity index is 1.77. The summed E-state index contributed by atoms with van der Waals surface area (Å²) in [5, 5.41) is 3.23. The first-order valence-electron chi connectivity index (χ1n) is 9.09. The lowest BCUT2D eigenvalue weighted by atomic mass is 10.0. The molecule has 0 saturated heterocycles. The highest BCUT2D eigenvalue weighted by atomic mass is 35.5. The van der Waals surface area contributed by atoms with E-state index in [2.05, 4.69) is 10.3 Å².